The molecule has 1 aliphatic rings. The molecule has 6 nitrogen and oxygen atoms in total. The first-order chi connectivity index (χ1) is 15.2. The fraction of sp³-hybridized carbons (Fsp3) is 0.600. The van der Waals surface area contributed by atoms with E-state index in [0.29, 0.717) is 47.7 Å². The lowest BCUT2D eigenvalue weighted by Crippen LogP contribution is -2.45. The van der Waals surface area contributed by atoms with Crippen LogP contribution in [-0.4, -0.2) is 40.0 Å². The summed E-state index contributed by atoms with van der Waals surface area (Å²) in [6.07, 6.45) is 4.27. The Balaban J connectivity index is 1.86. The SMILES string of the molecule is CCn1nc(C(=O)NCC2(O)CCC(C)CC2)c(Cl)c1-c1ccc(CC(C)C)cc1OC. The van der Waals surface area contributed by atoms with Crippen LogP contribution in [0.3, 0.4) is 0 Å². The second kappa shape index (κ2) is 10.3. The van der Waals surface area contributed by atoms with Gasteiger partial charge in [-0.1, -0.05) is 38.4 Å². The molecule has 1 aromatic carbocycles. The summed E-state index contributed by atoms with van der Waals surface area (Å²) in [5.41, 5.74) is 1.97. The van der Waals surface area contributed by atoms with Crippen molar-refractivity contribution in [1.82, 2.24) is 15.1 Å². The predicted octanol–water partition coefficient (Wildman–Crippen LogP) is 5.10. The van der Waals surface area contributed by atoms with Crippen LogP contribution in [0.4, 0.5) is 0 Å². The van der Waals surface area contributed by atoms with Crippen molar-refractivity contribution in [2.24, 2.45) is 11.8 Å². The normalized spacial score (nSPS) is 21.1. The molecule has 1 aliphatic carbocycles. The third-order valence-electron chi connectivity index (χ3n) is 6.36. The van der Waals surface area contributed by atoms with Gasteiger partial charge in [-0.15, -0.1) is 0 Å². The lowest BCUT2D eigenvalue weighted by atomic mass is 9.79. The highest BCUT2D eigenvalue weighted by Crippen LogP contribution is 2.38. The third kappa shape index (κ3) is 5.46. The Kier molecular flexibility index (Phi) is 7.88. The number of benzene rings is 1. The van der Waals surface area contributed by atoms with Gasteiger partial charge in [0, 0.05) is 18.7 Å². The minimum absolute atomic E-state index is 0.171. The lowest BCUT2D eigenvalue weighted by molar-refractivity contribution is -0.00544. The summed E-state index contributed by atoms with van der Waals surface area (Å²) in [6.45, 7) is 9.27. The molecule has 3 rings (SSSR count). The van der Waals surface area contributed by atoms with Gasteiger partial charge in [0.05, 0.1) is 23.4 Å². The highest BCUT2D eigenvalue weighted by Gasteiger charge is 2.33. The van der Waals surface area contributed by atoms with E-state index in [1.165, 1.54) is 5.56 Å². The zero-order valence-corrected chi connectivity index (χ0v) is 20.6. The maximum atomic E-state index is 12.9. The van der Waals surface area contributed by atoms with E-state index in [-0.39, 0.29) is 18.1 Å². The lowest BCUT2D eigenvalue weighted by Gasteiger charge is -2.34. The van der Waals surface area contributed by atoms with E-state index >= 15 is 0 Å². The summed E-state index contributed by atoms with van der Waals surface area (Å²) in [6, 6.07) is 6.08. The largest absolute Gasteiger partial charge is 0.496 e. The summed E-state index contributed by atoms with van der Waals surface area (Å²) >= 11 is 6.70. The van der Waals surface area contributed by atoms with Crippen LogP contribution in [-0.2, 0) is 13.0 Å². The van der Waals surface area contributed by atoms with Crippen LogP contribution >= 0.6 is 11.6 Å². The van der Waals surface area contributed by atoms with Crippen molar-refractivity contribution in [3.8, 4) is 17.0 Å². The van der Waals surface area contributed by atoms with Crippen molar-refractivity contribution in [2.75, 3.05) is 13.7 Å². The van der Waals surface area contributed by atoms with Crippen LogP contribution in [0.15, 0.2) is 18.2 Å². The van der Waals surface area contributed by atoms with Gasteiger partial charge in [-0.3, -0.25) is 9.48 Å². The zero-order valence-electron chi connectivity index (χ0n) is 19.9. The standard InChI is InChI=1S/C25H36ClN3O3/c1-6-29-23(19-8-7-18(13-16(2)3)14-20(19)32-5)21(26)22(28-29)24(30)27-15-25(31)11-9-17(4)10-12-25/h7-8,14,16-17,31H,6,9-13,15H2,1-5H3,(H,27,30). The summed E-state index contributed by atoms with van der Waals surface area (Å²) in [5, 5.41) is 18.4. The maximum Gasteiger partial charge on any atom is 0.273 e. The first kappa shape index (κ1) is 24.6. The molecule has 0 aliphatic heterocycles. The van der Waals surface area contributed by atoms with E-state index in [0.717, 1.165) is 24.8 Å². The Bertz CT molecular complexity index is 946. The average molecular weight is 462 g/mol. The number of carbonyl (C=O) groups is 1. The number of aromatic nitrogens is 2. The van der Waals surface area contributed by atoms with Crippen molar-refractivity contribution in [3.63, 3.8) is 0 Å². The minimum atomic E-state index is -0.861. The van der Waals surface area contributed by atoms with Gasteiger partial charge in [-0.25, -0.2) is 0 Å². The number of ether oxygens (including phenoxy) is 1. The molecule has 1 amide bonds. The van der Waals surface area contributed by atoms with Crippen molar-refractivity contribution < 1.29 is 14.6 Å². The van der Waals surface area contributed by atoms with E-state index < -0.39 is 5.60 Å². The summed E-state index contributed by atoms with van der Waals surface area (Å²) in [4.78, 5) is 12.9. The Hall–Kier alpha value is -2.05. The number of amides is 1. The fourth-order valence-corrected chi connectivity index (χ4v) is 4.73. The molecule has 1 fully saturated rings. The fourth-order valence-electron chi connectivity index (χ4n) is 4.41. The molecule has 1 heterocycles. The van der Waals surface area contributed by atoms with E-state index in [4.69, 9.17) is 16.3 Å². The Labute approximate surface area is 196 Å². The van der Waals surface area contributed by atoms with Crippen molar-refractivity contribution in [1.29, 1.82) is 0 Å². The molecule has 0 spiro atoms. The highest BCUT2D eigenvalue weighted by molar-refractivity contribution is 6.36. The molecular formula is C25H36ClN3O3. The first-order valence-corrected chi connectivity index (χ1v) is 12.0. The van der Waals surface area contributed by atoms with Crippen LogP contribution in [0.5, 0.6) is 5.75 Å². The second-order valence-electron chi connectivity index (χ2n) is 9.55. The Morgan fingerprint density at radius 2 is 2.06 bits per heavy atom. The van der Waals surface area contributed by atoms with Crippen LogP contribution in [0.25, 0.3) is 11.3 Å². The van der Waals surface area contributed by atoms with Gasteiger partial charge < -0.3 is 15.2 Å². The van der Waals surface area contributed by atoms with Gasteiger partial charge in [0.25, 0.3) is 5.91 Å². The number of nitrogens with zero attached hydrogens (tertiary/aromatic N) is 2. The third-order valence-corrected chi connectivity index (χ3v) is 6.72. The average Bonchev–Trinajstić information content (AvgIpc) is 3.10. The smallest absolute Gasteiger partial charge is 0.273 e. The number of halogens is 1. The molecule has 2 aromatic rings. The number of hydrogen-bond donors (Lipinski definition) is 2. The maximum absolute atomic E-state index is 12.9. The zero-order chi connectivity index (χ0) is 23.5. The number of rotatable bonds is 8. The summed E-state index contributed by atoms with van der Waals surface area (Å²) in [5.74, 6) is 1.49. The van der Waals surface area contributed by atoms with Crippen LogP contribution in [0.1, 0.15) is 69.4 Å². The molecule has 0 unspecified atom stereocenters. The molecule has 7 heteroatoms. The van der Waals surface area contributed by atoms with Gasteiger partial charge in [0.1, 0.15) is 5.75 Å². The van der Waals surface area contributed by atoms with Crippen molar-refractivity contribution >= 4 is 17.5 Å². The molecule has 1 saturated carbocycles. The predicted molar refractivity (Wildman–Crippen MR) is 128 cm³/mol. The Morgan fingerprint density at radius 3 is 2.66 bits per heavy atom. The topological polar surface area (TPSA) is 76.4 Å². The molecule has 2 N–H and O–H groups in total. The number of aryl methyl sites for hydroxylation is 1. The van der Waals surface area contributed by atoms with E-state index in [2.05, 4.69) is 37.3 Å². The first-order valence-electron chi connectivity index (χ1n) is 11.6. The highest BCUT2D eigenvalue weighted by atomic mass is 35.5. The van der Waals surface area contributed by atoms with Gasteiger partial charge in [-0.05, 0) is 68.6 Å². The number of aliphatic hydroxyl groups is 1. The monoisotopic (exact) mass is 461 g/mol. The van der Waals surface area contributed by atoms with Crippen molar-refractivity contribution in [2.45, 2.75) is 71.9 Å². The minimum Gasteiger partial charge on any atom is -0.496 e. The number of nitrogens with one attached hydrogen (secondary N) is 1. The molecule has 0 saturated heterocycles. The number of methoxy groups -OCH3 is 1. The van der Waals surface area contributed by atoms with Crippen molar-refractivity contribution in [3.05, 3.63) is 34.5 Å². The molecule has 0 bridgehead atoms. The van der Waals surface area contributed by atoms with Gasteiger partial charge in [0.15, 0.2) is 5.69 Å². The number of hydrogen-bond acceptors (Lipinski definition) is 4. The van der Waals surface area contributed by atoms with Gasteiger partial charge in [0.2, 0.25) is 0 Å². The van der Waals surface area contributed by atoms with Crippen LogP contribution in [0, 0.1) is 11.8 Å². The van der Waals surface area contributed by atoms with Crippen LogP contribution in [0.2, 0.25) is 5.02 Å². The summed E-state index contributed by atoms with van der Waals surface area (Å²) in [7, 11) is 1.64. The van der Waals surface area contributed by atoms with E-state index in [9.17, 15) is 9.90 Å². The Morgan fingerprint density at radius 1 is 1.38 bits per heavy atom. The second-order valence-corrected chi connectivity index (χ2v) is 9.93. The molecule has 0 atom stereocenters. The molecule has 32 heavy (non-hydrogen) atoms. The molecule has 176 valence electrons. The molecule has 0 radical (unpaired) electrons. The van der Waals surface area contributed by atoms with E-state index in [1.807, 2.05) is 19.1 Å². The van der Waals surface area contributed by atoms with Crippen LogP contribution < -0.4 is 10.1 Å². The van der Waals surface area contributed by atoms with Gasteiger partial charge >= 0.3 is 0 Å². The summed E-state index contributed by atoms with van der Waals surface area (Å²) < 4.78 is 7.39. The quantitative estimate of drug-likeness (QED) is 0.573. The van der Waals surface area contributed by atoms with E-state index in [1.54, 1.807) is 11.8 Å². The molecule has 1 aromatic heterocycles. The van der Waals surface area contributed by atoms with Gasteiger partial charge in [-0.2, -0.15) is 5.10 Å². The molecular weight excluding hydrogens is 426 g/mol. The number of carbonyl (C=O) groups excluding carboxylic acids is 1.